The van der Waals surface area contributed by atoms with E-state index in [1.165, 1.54) is 25.0 Å². The van der Waals surface area contributed by atoms with Crippen LogP contribution in [-0.2, 0) is 0 Å². The van der Waals surface area contributed by atoms with Gasteiger partial charge in [0.1, 0.15) is 17.3 Å². The molecule has 1 aliphatic carbocycles. The molecule has 1 nitrogen and oxygen atoms in total. The Bertz CT molecular complexity index is 794. The van der Waals surface area contributed by atoms with Crippen LogP contribution in [0.4, 0.5) is 14.5 Å². The first kappa shape index (κ1) is 17.6. The van der Waals surface area contributed by atoms with E-state index >= 15 is 0 Å². The van der Waals surface area contributed by atoms with Crippen LogP contribution < -0.4 is 0 Å². The lowest BCUT2D eigenvalue weighted by Gasteiger charge is -2.25. The maximum Gasteiger partial charge on any atom is 0.150 e. The first-order valence-electron chi connectivity index (χ1n) is 7.90. The van der Waals surface area contributed by atoms with Crippen molar-refractivity contribution in [1.82, 2.24) is 0 Å². The summed E-state index contributed by atoms with van der Waals surface area (Å²) in [6.45, 7) is 0. The van der Waals surface area contributed by atoms with Crippen molar-refractivity contribution >= 4 is 45.7 Å². The van der Waals surface area contributed by atoms with Crippen molar-refractivity contribution in [2.24, 2.45) is 4.99 Å². The Labute approximate surface area is 159 Å². The first-order valence-corrected chi connectivity index (χ1v) is 9.55. The van der Waals surface area contributed by atoms with Crippen LogP contribution in [0.15, 0.2) is 41.4 Å². The third kappa shape index (κ3) is 3.90. The van der Waals surface area contributed by atoms with Gasteiger partial charge in [0.2, 0.25) is 0 Å². The summed E-state index contributed by atoms with van der Waals surface area (Å²) in [5.74, 6) is -0.418. The minimum atomic E-state index is -0.534. The Kier molecular flexibility index (Phi) is 5.74. The highest BCUT2D eigenvalue weighted by molar-refractivity contribution is 14.1. The Balaban J connectivity index is 1.87. The van der Waals surface area contributed by atoms with Crippen molar-refractivity contribution in [1.29, 1.82) is 0 Å². The van der Waals surface area contributed by atoms with Gasteiger partial charge in [-0.2, -0.15) is 4.99 Å². The molecule has 0 unspecified atom stereocenters. The van der Waals surface area contributed by atoms with Crippen LogP contribution in [-0.4, -0.2) is 9.09 Å². The molecule has 0 aromatic heterocycles. The minimum Gasteiger partial charge on any atom is -0.206 e. The van der Waals surface area contributed by atoms with E-state index in [1.54, 1.807) is 18.2 Å². The molecule has 5 heteroatoms. The van der Waals surface area contributed by atoms with Gasteiger partial charge in [-0.15, -0.1) is 0 Å². The summed E-state index contributed by atoms with van der Waals surface area (Å²) < 4.78 is 29.3. The Morgan fingerprint density at radius 1 is 1.00 bits per heavy atom. The molecule has 2 aromatic rings. The van der Waals surface area contributed by atoms with Crippen LogP contribution in [0, 0.1) is 11.6 Å². The highest BCUT2D eigenvalue weighted by atomic mass is 127. The van der Waals surface area contributed by atoms with Gasteiger partial charge < -0.3 is 0 Å². The number of halogens is 3. The number of hydrogen-bond acceptors (Lipinski definition) is 2. The van der Waals surface area contributed by atoms with Crippen molar-refractivity contribution in [2.75, 3.05) is 0 Å². The summed E-state index contributed by atoms with van der Waals surface area (Å²) in [6.07, 6.45) is 4.57. The monoisotopic (exact) mass is 455 g/mol. The fourth-order valence-corrected chi connectivity index (χ4v) is 4.04. The van der Waals surface area contributed by atoms with Gasteiger partial charge in [0.25, 0.3) is 0 Å². The summed E-state index contributed by atoms with van der Waals surface area (Å²) in [6, 6.07) is 9.74. The molecule has 0 atom stereocenters. The molecule has 1 aliphatic rings. The van der Waals surface area contributed by atoms with Gasteiger partial charge in [0.05, 0.1) is 5.16 Å². The molecule has 0 saturated heterocycles. The average molecular weight is 455 g/mol. The third-order valence-electron chi connectivity index (χ3n) is 4.55. The summed E-state index contributed by atoms with van der Waals surface area (Å²) >= 11 is 6.97. The molecule has 0 heterocycles. The standard InChI is InChI=1S/C19H16F2INS/c20-17-9-13(12-1-5-15(22)6-2-12)3-7-16(17)14-4-8-19(23-11-24)18(21)10-14/h3-4,7-10,12,15H,1-2,5-6H2. The predicted molar refractivity (Wildman–Crippen MR) is 105 cm³/mol. The van der Waals surface area contributed by atoms with Gasteiger partial charge in [0.15, 0.2) is 0 Å². The van der Waals surface area contributed by atoms with Crippen LogP contribution in [0.5, 0.6) is 0 Å². The van der Waals surface area contributed by atoms with Crippen molar-refractivity contribution < 1.29 is 8.78 Å². The number of alkyl halides is 1. The zero-order chi connectivity index (χ0) is 17.1. The maximum atomic E-state index is 14.6. The number of thiocarbonyl (C=S) groups is 1. The first-order chi connectivity index (χ1) is 11.6. The van der Waals surface area contributed by atoms with E-state index in [-0.39, 0.29) is 11.5 Å². The molecule has 0 radical (unpaired) electrons. The quantitative estimate of drug-likeness (QED) is 0.214. The van der Waals surface area contributed by atoms with Crippen LogP contribution in [0.25, 0.3) is 11.1 Å². The Hall–Kier alpha value is -1.17. The summed E-state index contributed by atoms with van der Waals surface area (Å²) in [4.78, 5) is 3.64. The lowest BCUT2D eigenvalue weighted by atomic mass is 9.83. The fraction of sp³-hybridized carbons (Fsp3) is 0.316. The van der Waals surface area contributed by atoms with Crippen molar-refractivity contribution in [3.8, 4) is 11.1 Å². The molecule has 0 aliphatic heterocycles. The lowest BCUT2D eigenvalue weighted by molar-refractivity contribution is 0.460. The van der Waals surface area contributed by atoms with E-state index in [2.05, 4.69) is 45.0 Å². The molecule has 3 rings (SSSR count). The number of hydrogen-bond donors (Lipinski definition) is 0. The Morgan fingerprint density at radius 3 is 2.38 bits per heavy atom. The molecule has 124 valence electrons. The van der Waals surface area contributed by atoms with E-state index in [0.717, 1.165) is 22.3 Å². The van der Waals surface area contributed by atoms with Gasteiger partial charge in [-0.1, -0.05) is 40.8 Å². The highest BCUT2D eigenvalue weighted by Crippen LogP contribution is 2.37. The van der Waals surface area contributed by atoms with Gasteiger partial charge in [-0.3, -0.25) is 0 Å². The van der Waals surface area contributed by atoms with Crippen LogP contribution in [0.1, 0.15) is 37.2 Å². The number of aliphatic imine (C=N–C) groups is 1. The maximum absolute atomic E-state index is 14.6. The van der Waals surface area contributed by atoms with Crippen LogP contribution in [0.2, 0.25) is 0 Å². The molecule has 0 N–H and O–H groups in total. The summed E-state index contributed by atoms with van der Waals surface area (Å²) in [7, 11) is 0. The van der Waals surface area contributed by atoms with E-state index in [0.29, 0.717) is 17.0 Å². The molecule has 1 fully saturated rings. The molecular weight excluding hydrogens is 439 g/mol. The topological polar surface area (TPSA) is 12.4 Å². The molecular formula is C19H16F2INS. The normalized spacial score (nSPS) is 20.5. The molecule has 2 aromatic carbocycles. The second kappa shape index (κ2) is 7.81. The number of nitrogens with zero attached hydrogens (tertiary/aromatic N) is 1. The van der Waals surface area contributed by atoms with E-state index in [1.807, 2.05) is 6.07 Å². The largest absolute Gasteiger partial charge is 0.206 e. The molecule has 24 heavy (non-hydrogen) atoms. The van der Waals surface area contributed by atoms with E-state index < -0.39 is 5.82 Å². The lowest BCUT2D eigenvalue weighted by Crippen LogP contribution is -2.12. The van der Waals surface area contributed by atoms with E-state index in [9.17, 15) is 8.78 Å². The zero-order valence-corrected chi connectivity index (χ0v) is 15.9. The molecule has 0 spiro atoms. The van der Waals surface area contributed by atoms with Gasteiger partial charge in [0, 0.05) is 9.49 Å². The number of benzene rings is 2. The second-order valence-electron chi connectivity index (χ2n) is 6.06. The summed E-state index contributed by atoms with van der Waals surface area (Å²) in [5, 5.41) is 2.14. The van der Waals surface area contributed by atoms with Crippen molar-refractivity contribution in [2.45, 2.75) is 35.5 Å². The fourth-order valence-electron chi connectivity index (χ4n) is 3.22. The molecule has 0 amide bonds. The predicted octanol–water partition coefficient (Wildman–Crippen LogP) is 6.83. The van der Waals surface area contributed by atoms with Crippen molar-refractivity contribution in [3.63, 3.8) is 0 Å². The highest BCUT2D eigenvalue weighted by Gasteiger charge is 2.21. The number of isothiocyanates is 1. The van der Waals surface area contributed by atoms with Crippen LogP contribution in [0.3, 0.4) is 0 Å². The number of rotatable bonds is 3. The zero-order valence-electron chi connectivity index (χ0n) is 12.9. The minimum absolute atomic E-state index is 0.112. The van der Waals surface area contributed by atoms with Crippen molar-refractivity contribution in [3.05, 3.63) is 53.6 Å². The second-order valence-corrected chi connectivity index (χ2v) is 8.00. The average Bonchev–Trinajstić information content (AvgIpc) is 2.57. The van der Waals surface area contributed by atoms with Crippen LogP contribution >= 0.6 is 34.8 Å². The smallest absolute Gasteiger partial charge is 0.150 e. The van der Waals surface area contributed by atoms with Gasteiger partial charge >= 0.3 is 0 Å². The SMILES string of the molecule is Fc1cc(-c2ccc(C3CCC(I)CC3)cc2F)ccc1N=C=S. The molecule has 0 bridgehead atoms. The van der Waals surface area contributed by atoms with E-state index in [4.69, 9.17) is 0 Å². The van der Waals surface area contributed by atoms with Gasteiger partial charge in [-0.05, 0) is 73.1 Å². The third-order valence-corrected chi connectivity index (χ3v) is 5.88. The van der Waals surface area contributed by atoms with Gasteiger partial charge in [-0.25, -0.2) is 8.78 Å². The summed E-state index contributed by atoms with van der Waals surface area (Å²) in [5.41, 5.74) is 2.05. The Morgan fingerprint density at radius 2 is 1.75 bits per heavy atom. The molecule has 1 saturated carbocycles.